The van der Waals surface area contributed by atoms with E-state index in [1.165, 1.54) is 35.3 Å². The van der Waals surface area contributed by atoms with Gasteiger partial charge in [0.05, 0.1) is 11.4 Å². The Balaban J connectivity index is 1.32. The van der Waals surface area contributed by atoms with Gasteiger partial charge in [0.1, 0.15) is 17.9 Å². The Morgan fingerprint density at radius 3 is 2.38 bits per heavy atom. The van der Waals surface area contributed by atoms with Crippen LogP contribution in [0.4, 0.5) is 46.8 Å². The number of aromatic nitrogens is 4. The molecule has 4 N–H and O–H groups in total. The second kappa shape index (κ2) is 11.3. The number of ether oxygens (including phenoxy) is 2. The second-order valence-corrected chi connectivity index (χ2v) is 11.8. The van der Waals surface area contributed by atoms with Crippen molar-refractivity contribution in [2.24, 2.45) is 0 Å². The van der Waals surface area contributed by atoms with Crippen LogP contribution in [0.25, 0.3) is 5.69 Å². The van der Waals surface area contributed by atoms with Gasteiger partial charge in [0.25, 0.3) is 5.91 Å². The molecule has 0 radical (unpaired) electrons. The SMILES string of the molecule is Cc1cc(NC(=O)Nc2cc(C(C)(C)C)nn2-c2ccc(OC(F)(F)F)cc2)ccc1Nc1ncnc2c1OC(C)(C)C(=O)N2. The summed E-state index contributed by atoms with van der Waals surface area (Å²) in [5, 5.41) is 16.1. The molecule has 0 bridgehead atoms. The number of halogens is 3. The van der Waals surface area contributed by atoms with E-state index in [0.717, 1.165) is 5.56 Å². The van der Waals surface area contributed by atoms with E-state index in [4.69, 9.17) is 4.74 Å². The Labute approximate surface area is 256 Å². The summed E-state index contributed by atoms with van der Waals surface area (Å²) in [6, 6.07) is 11.5. The minimum absolute atomic E-state index is 0.254. The van der Waals surface area contributed by atoms with Crippen LogP contribution >= 0.6 is 0 Å². The van der Waals surface area contributed by atoms with E-state index < -0.39 is 18.0 Å². The Morgan fingerprint density at radius 2 is 1.73 bits per heavy atom. The number of carbonyl (C=O) groups excluding carboxylic acids is 2. The van der Waals surface area contributed by atoms with Gasteiger partial charge >= 0.3 is 12.4 Å². The second-order valence-electron chi connectivity index (χ2n) is 11.8. The molecule has 0 spiro atoms. The number of fused-ring (bicyclic) bond motifs is 1. The maximum atomic E-state index is 13.1. The number of rotatable bonds is 6. The van der Waals surface area contributed by atoms with Crippen LogP contribution in [0.5, 0.6) is 11.5 Å². The van der Waals surface area contributed by atoms with E-state index in [0.29, 0.717) is 40.1 Å². The van der Waals surface area contributed by atoms with Crippen LogP contribution in [-0.4, -0.2) is 43.7 Å². The summed E-state index contributed by atoms with van der Waals surface area (Å²) in [5.41, 5.74) is 1.50. The zero-order chi connectivity index (χ0) is 32.7. The molecule has 45 heavy (non-hydrogen) atoms. The third-order valence-electron chi connectivity index (χ3n) is 6.71. The first-order valence-corrected chi connectivity index (χ1v) is 13.8. The van der Waals surface area contributed by atoms with Crippen LogP contribution in [-0.2, 0) is 10.2 Å². The normalized spacial score (nSPS) is 14.1. The number of aryl methyl sites for hydroxylation is 1. The van der Waals surface area contributed by atoms with Crippen LogP contribution in [0, 0.1) is 6.92 Å². The number of amides is 3. The predicted molar refractivity (Wildman–Crippen MR) is 161 cm³/mol. The number of nitrogens with one attached hydrogen (secondary N) is 4. The van der Waals surface area contributed by atoms with Crippen LogP contribution in [0.2, 0.25) is 0 Å². The molecule has 3 amide bonds. The van der Waals surface area contributed by atoms with Crippen molar-refractivity contribution in [1.82, 2.24) is 19.7 Å². The average molecular weight is 625 g/mol. The highest BCUT2D eigenvalue weighted by atomic mass is 19.4. The van der Waals surface area contributed by atoms with Crippen LogP contribution < -0.4 is 30.7 Å². The summed E-state index contributed by atoms with van der Waals surface area (Å²) < 4.78 is 49.1. The minimum atomic E-state index is -4.82. The van der Waals surface area contributed by atoms with Crippen molar-refractivity contribution in [3.05, 3.63) is 66.1 Å². The topological polar surface area (TPSA) is 144 Å². The molecule has 0 aliphatic carbocycles. The van der Waals surface area contributed by atoms with Gasteiger partial charge in [-0.25, -0.2) is 19.4 Å². The van der Waals surface area contributed by atoms with Crippen LogP contribution in [0.3, 0.4) is 0 Å². The number of hydrogen-bond acceptors (Lipinski definition) is 8. The van der Waals surface area contributed by atoms with Crippen molar-refractivity contribution in [1.29, 1.82) is 0 Å². The highest BCUT2D eigenvalue weighted by Crippen LogP contribution is 2.38. The molecule has 1 aliphatic rings. The third kappa shape index (κ3) is 7.08. The van der Waals surface area contributed by atoms with E-state index in [2.05, 4.69) is 41.1 Å². The number of alkyl halides is 3. The molecule has 3 heterocycles. The van der Waals surface area contributed by atoms with Crippen molar-refractivity contribution in [3.63, 3.8) is 0 Å². The number of hydrogen-bond donors (Lipinski definition) is 4. The summed E-state index contributed by atoms with van der Waals surface area (Å²) in [4.78, 5) is 33.7. The molecule has 4 aromatic rings. The summed E-state index contributed by atoms with van der Waals surface area (Å²) in [5.74, 6) is 0.519. The molecule has 12 nitrogen and oxygen atoms in total. The third-order valence-corrected chi connectivity index (χ3v) is 6.71. The predicted octanol–water partition coefficient (Wildman–Crippen LogP) is 6.66. The lowest BCUT2D eigenvalue weighted by Gasteiger charge is -2.31. The molecule has 15 heteroatoms. The molecule has 0 unspecified atom stereocenters. The van der Waals surface area contributed by atoms with Gasteiger partial charge in [-0.2, -0.15) is 5.10 Å². The Bertz CT molecular complexity index is 1760. The van der Waals surface area contributed by atoms with Gasteiger partial charge in [0.15, 0.2) is 17.2 Å². The van der Waals surface area contributed by atoms with E-state index in [-0.39, 0.29) is 22.9 Å². The first kappa shape index (κ1) is 31.1. The fourth-order valence-corrected chi connectivity index (χ4v) is 4.32. The zero-order valence-corrected chi connectivity index (χ0v) is 25.3. The lowest BCUT2D eigenvalue weighted by atomic mass is 9.92. The van der Waals surface area contributed by atoms with E-state index in [1.54, 1.807) is 38.1 Å². The Morgan fingerprint density at radius 1 is 1.02 bits per heavy atom. The first-order chi connectivity index (χ1) is 21.0. The maximum absolute atomic E-state index is 13.1. The zero-order valence-electron chi connectivity index (χ0n) is 25.3. The van der Waals surface area contributed by atoms with Crippen molar-refractivity contribution in [3.8, 4) is 17.2 Å². The van der Waals surface area contributed by atoms with Gasteiger partial charge in [-0.05, 0) is 68.8 Å². The summed E-state index contributed by atoms with van der Waals surface area (Å²) in [7, 11) is 0. The van der Waals surface area contributed by atoms with Crippen molar-refractivity contribution >= 4 is 40.8 Å². The minimum Gasteiger partial charge on any atom is -0.470 e. The number of benzene rings is 2. The number of anilines is 5. The first-order valence-electron chi connectivity index (χ1n) is 13.8. The fourth-order valence-electron chi connectivity index (χ4n) is 4.32. The molecular formula is C30H31F3N8O4. The summed E-state index contributed by atoms with van der Waals surface area (Å²) in [6.07, 6.45) is -3.51. The number of nitrogens with zero attached hydrogens (tertiary/aromatic N) is 4. The molecule has 0 saturated carbocycles. The average Bonchev–Trinajstić information content (AvgIpc) is 3.35. The summed E-state index contributed by atoms with van der Waals surface area (Å²) in [6.45, 7) is 11.0. The molecule has 5 rings (SSSR count). The molecule has 2 aromatic heterocycles. The van der Waals surface area contributed by atoms with Crippen molar-refractivity contribution in [2.45, 2.75) is 58.9 Å². The molecule has 236 valence electrons. The quantitative estimate of drug-likeness (QED) is 0.186. The smallest absolute Gasteiger partial charge is 0.470 e. The maximum Gasteiger partial charge on any atom is 0.573 e. The lowest BCUT2D eigenvalue weighted by molar-refractivity contribution is -0.274. The van der Waals surface area contributed by atoms with E-state index >= 15 is 0 Å². The highest BCUT2D eigenvalue weighted by Gasteiger charge is 2.38. The van der Waals surface area contributed by atoms with Crippen LogP contribution in [0.15, 0.2) is 54.9 Å². The number of carbonyl (C=O) groups is 2. The fraction of sp³-hybridized carbons (Fsp3) is 0.300. The van der Waals surface area contributed by atoms with Gasteiger partial charge in [0, 0.05) is 22.9 Å². The van der Waals surface area contributed by atoms with Crippen LogP contribution in [0.1, 0.15) is 45.9 Å². The standard InChI is InChI=1S/C30H31F3N8O4/c1-16-13-17(7-12-20(16)37-24-23-25(35-15-34-24)39-26(42)29(5,6)45-23)36-27(43)38-22-14-21(28(2,3)4)40-41(22)18-8-10-19(11-9-18)44-30(31,32)33/h7-15H,1-6H3,(H2,36,38,43)(H2,34,35,37,39,42). The molecular weight excluding hydrogens is 593 g/mol. The van der Waals surface area contributed by atoms with Gasteiger partial charge in [-0.1, -0.05) is 20.8 Å². The monoisotopic (exact) mass is 624 g/mol. The van der Waals surface area contributed by atoms with Crippen molar-refractivity contribution < 1.29 is 32.2 Å². The van der Waals surface area contributed by atoms with Crippen molar-refractivity contribution in [2.75, 3.05) is 21.3 Å². The molecule has 0 atom stereocenters. The largest absolute Gasteiger partial charge is 0.573 e. The van der Waals surface area contributed by atoms with Gasteiger partial charge < -0.3 is 25.4 Å². The summed E-state index contributed by atoms with van der Waals surface area (Å²) >= 11 is 0. The van der Waals surface area contributed by atoms with E-state index in [1.807, 2.05) is 27.7 Å². The highest BCUT2D eigenvalue weighted by molar-refractivity contribution is 6.01. The van der Waals surface area contributed by atoms with Gasteiger partial charge in [-0.3, -0.25) is 10.1 Å². The molecule has 2 aromatic carbocycles. The number of urea groups is 1. The van der Waals surface area contributed by atoms with Gasteiger partial charge in [0.2, 0.25) is 5.75 Å². The lowest BCUT2D eigenvalue weighted by Crippen LogP contribution is -2.46. The van der Waals surface area contributed by atoms with Gasteiger partial charge in [-0.15, -0.1) is 13.2 Å². The molecule has 1 aliphatic heterocycles. The van der Waals surface area contributed by atoms with E-state index in [9.17, 15) is 22.8 Å². The Kier molecular flexibility index (Phi) is 7.81. The molecule has 0 fully saturated rings. The molecule has 0 saturated heterocycles. The Hall–Kier alpha value is -5.34.